The molecule has 2 atom stereocenters. The Hall–Kier alpha value is -1.03. The van der Waals surface area contributed by atoms with Crippen molar-refractivity contribution in [3.8, 4) is 0 Å². The van der Waals surface area contributed by atoms with Crippen LogP contribution in [0.2, 0.25) is 0 Å². The number of pyridine rings is 1. The van der Waals surface area contributed by atoms with Gasteiger partial charge in [-0.1, -0.05) is 17.8 Å². The minimum atomic E-state index is 0.220. The predicted molar refractivity (Wildman–Crippen MR) is 69.8 cm³/mol. The SMILES string of the molecule is CC1CCSC(NC(C)c2ccccn2)=N1. The van der Waals surface area contributed by atoms with Crippen molar-refractivity contribution in [1.82, 2.24) is 10.3 Å². The molecule has 4 heteroatoms. The van der Waals surface area contributed by atoms with Crippen LogP contribution in [-0.2, 0) is 0 Å². The third-order valence-electron chi connectivity index (χ3n) is 2.58. The Labute approximate surface area is 101 Å². The summed E-state index contributed by atoms with van der Waals surface area (Å²) in [5, 5.41) is 4.47. The molecule has 2 rings (SSSR count). The summed E-state index contributed by atoms with van der Waals surface area (Å²) >= 11 is 1.80. The summed E-state index contributed by atoms with van der Waals surface area (Å²) in [5.41, 5.74) is 1.06. The zero-order valence-corrected chi connectivity index (χ0v) is 10.5. The summed E-state index contributed by atoms with van der Waals surface area (Å²) in [6, 6.07) is 6.65. The van der Waals surface area contributed by atoms with E-state index in [-0.39, 0.29) is 6.04 Å². The van der Waals surface area contributed by atoms with E-state index in [4.69, 9.17) is 0 Å². The lowest BCUT2D eigenvalue weighted by molar-refractivity contribution is 0.670. The first kappa shape index (κ1) is 11.5. The molecule has 16 heavy (non-hydrogen) atoms. The lowest BCUT2D eigenvalue weighted by atomic mass is 10.2. The zero-order valence-electron chi connectivity index (χ0n) is 9.68. The maximum Gasteiger partial charge on any atom is 0.157 e. The highest BCUT2D eigenvalue weighted by Crippen LogP contribution is 2.18. The fraction of sp³-hybridized carbons (Fsp3) is 0.500. The molecule has 2 heterocycles. The fourth-order valence-corrected chi connectivity index (χ4v) is 2.77. The maximum absolute atomic E-state index is 4.59. The molecule has 0 saturated carbocycles. The van der Waals surface area contributed by atoms with Gasteiger partial charge in [-0.25, -0.2) is 0 Å². The second-order valence-electron chi connectivity index (χ2n) is 4.04. The van der Waals surface area contributed by atoms with Crippen LogP contribution in [-0.4, -0.2) is 21.9 Å². The van der Waals surface area contributed by atoms with E-state index in [1.807, 2.05) is 24.4 Å². The number of hydrogen-bond donors (Lipinski definition) is 1. The van der Waals surface area contributed by atoms with Gasteiger partial charge in [-0.3, -0.25) is 9.98 Å². The van der Waals surface area contributed by atoms with Gasteiger partial charge in [0.25, 0.3) is 0 Å². The van der Waals surface area contributed by atoms with Crippen LogP contribution >= 0.6 is 11.8 Å². The number of amidine groups is 1. The molecule has 1 aromatic heterocycles. The van der Waals surface area contributed by atoms with E-state index in [1.54, 1.807) is 11.8 Å². The number of hydrogen-bond acceptors (Lipinski definition) is 4. The average molecular weight is 235 g/mol. The van der Waals surface area contributed by atoms with Gasteiger partial charge in [0, 0.05) is 11.9 Å². The maximum atomic E-state index is 4.59. The molecule has 0 spiro atoms. The third-order valence-corrected chi connectivity index (χ3v) is 3.52. The van der Waals surface area contributed by atoms with Crippen LogP contribution in [0.25, 0.3) is 0 Å². The highest BCUT2D eigenvalue weighted by atomic mass is 32.2. The van der Waals surface area contributed by atoms with Crippen LogP contribution in [0, 0.1) is 0 Å². The second kappa shape index (κ2) is 5.34. The molecule has 3 nitrogen and oxygen atoms in total. The van der Waals surface area contributed by atoms with Crippen LogP contribution in [0.15, 0.2) is 29.4 Å². The van der Waals surface area contributed by atoms with Crippen LogP contribution in [0.1, 0.15) is 32.0 Å². The molecule has 1 aliphatic rings. The van der Waals surface area contributed by atoms with E-state index >= 15 is 0 Å². The van der Waals surface area contributed by atoms with Crippen molar-refractivity contribution < 1.29 is 0 Å². The molecule has 0 aliphatic carbocycles. The summed E-state index contributed by atoms with van der Waals surface area (Å²) in [6.07, 6.45) is 3.00. The average Bonchev–Trinajstić information content (AvgIpc) is 2.30. The van der Waals surface area contributed by atoms with Gasteiger partial charge in [0.05, 0.1) is 17.8 Å². The number of aromatic nitrogens is 1. The molecule has 0 radical (unpaired) electrons. The molecule has 0 saturated heterocycles. The summed E-state index contributed by atoms with van der Waals surface area (Å²) in [4.78, 5) is 8.92. The van der Waals surface area contributed by atoms with Gasteiger partial charge in [0.2, 0.25) is 0 Å². The quantitative estimate of drug-likeness (QED) is 0.856. The van der Waals surface area contributed by atoms with E-state index < -0.39 is 0 Å². The molecule has 1 N–H and O–H groups in total. The Morgan fingerprint density at radius 3 is 3.06 bits per heavy atom. The first-order valence-corrected chi connectivity index (χ1v) is 6.62. The predicted octanol–water partition coefficient (Wildman–Crippen LogP) is 2.61. The lowest BCUT2D eigenvalue weighted by Gasteiger charge is -2.21. The molecular formula is C12H17N3S. The van der Waals surface area contributed by atoms with Gasteiger partial charge in [0.15, 0.2) is 5.17 Å². The minimum absolute atomic E-state index is 0.220. The highest BCUT2D eigenvalue weighted by molar-refractivity contribution is 8.13. The van der Waals surface area contributed by atoms with Gasteiger partial charge >= 0.3 is 0 Å². The van der Waals surface area contributed by atoms with Crippen LogP contribution < -0.4 is 5.32 Å². The number of aliphatic imine (C=N–C) groups is 1. The zero-order chi connectivity index (χ0) is 11.4. The Kier molecular flexibility index (Phi) is 3.83. The molecule has 86 valence electrons. The van der Waals surface area contributed by atoms with Crippen molar-refractivity contribution in [1.29, 1.82) is 0 Å². The highest BCUT2D eigenvalue weighted by Gasteiger charge is 2.14. The van der Waals surface area contributed by atoms with Gasteiger partial charge in [-0.15, -0.1) is 0 Å². The van der Waals surface area contributed by atoms with Gasteiger partial charge in [-0.2, -0.15) is 0 Å². The minimum Gasteiger partial charge on any atom is -0.357 e. The second-order valence-corrected chi connectivity index (χ2v) is 5.12. The molecule has 0 amide bonds. The van der Waals surface area contributed by atoms with Crippen LogP contribution in [0.5, 0.6) is 0 Å². The van der Waals surface area contributed by atoms with Crippen molar-refractivity contribution in [2.45, 2.75) is 32.4 Å². The molecular weight excluding hydrogens is 218 g/mol. The first-order chi connectivity index (χ1) is 7.75. The smallest absolute Gasteiger partial charge is 0.157 e. The molecule has 0 bridgehead atoms. The fourth-order valence-electron chi connectivity index (χ4n) is 1.60. The lowest BCUT2D eigenvalue weighted by Crippen LogP contribution is -2.28. The summed E-state index contributed by atoms with van der Waals surface area (Å²) in [5.74, 6) is 1.15. The first-order valence-electron chi connectivity index (χ1n) is 5.64. The van der Waals surface area contributed by atoms with E-state index in [0.29, 0.717) is 6.04 Å². The van der Waals surface area contributed by atoms with E-state index in [1.165, 1.54) is 6.42 Å². The van der Waals surface area contributed by atoms with E-state index in [2.05, 4.69) is 29.1 Å². The van der Waals surface area contributed by atoms with E-state index in [0.717, 1.165) is 16.6 Å². The Balaban J connectivity index is 2.00. The number of nitrogens with one attached hydrogen (secondary N) is 1. The topological polar surface area (TPSA) is 37.3 Å². The molecule has 1 aromatic rings. The van der Waals surface area contributed by atoms with Gasteiger partial charge in [0.1, 0.15) is 0 Å². The van der Waals surface area contributed by atoms with Gasteiger partial charge in [-0.05, 0) is 32.4 Å². The molecule has 1 aliphatic heterocycles. The van der Waals surface area contributed by atoms with Crippen molar-refractivity contribution >= 4 is 16.9 Å². The van der Waals surface area contributed by atoms with E-state index in [9.17, 15) is 0 Å². The summed E-state index contributed by atoms with van der Waals surface area (Å²) in [6.45, 7) is 4.28. The van der Waals surface area contributed by atoms with Gasteiger partial charge < -0.3 is 5.32 Å². The van der Waals surface area contributed by atoms with Crippen LogP contribution in [0.3, 0.4) is 0 Å². The number of rotatable bonds is 2. The molecule has 0 aromatic carbocycles. The number of thioether (sulfide) groups is 1. The Bertz CT molecular complexity index is 364. The Morgan fingerprint density at radius 1 is 1.50 bits per heavy atom. The largest absolute Gasteiger partial charge is 0.357 e. The van der Waals surface area contributed by atoms with Crippen molar-refractivity contribution in [2.75, 3.05) is 5.75 Å². The Morgan fingerprint density at radius 2 is 2.38 bits per heavy atom. The normalized spacial score (nSPS) is 22.4. The standard InChI is InChI=1S/C12H17N3S/c1-9-6-8-16-12(14-9)15-10(2)11-5-3-4-7-13-11/h3-5,7,9-10H,6,8H2,1-2H3,(H,14,15). The van der Waals surface area contributed by atoms with Crippen molar-refractivity contribution in [3.05, 3.63) is 30.1 Å². The monoisotopic (exact) mass is 235 g/mol. The molecule has 2 unspecified atom stereocenters. The van der Waals surface area contributed by atoms with Crippen molar-refractivity contribution in [2.24, 2.45) is 4.99 Å². The molecule has 0 fully saturated rings. The third kappa shape index (κ3) is 2.98. The summed E-state index contributed by atoms with van der Waals surface area (Å²) < 4.78 is 0. The number of nitrogens with zero attached hydrogens (tertiary/aromatic N) is 2. The van der Waals surface area contributed by atoms with Crippen molar-refractivity contribution in [3.63, 3.8) is 0 Å². The summed E-state index contributed by atoms with van der Waals surface area (Å²) in [7, 11) is 0. The van der Waals surface area contributed by atoms with Crippen LogP contribution in [0.4, 0.5) is 0 Å².